The Morgan fingerprint density at radius 1 is 1.40 bits per heavy atom. The second-order valence-electron chi connectivity index (χ2n) is 3.19. The van der Waals surface area contributed by atoms with Crippen LogP contribution in [0.4, 0.5) is 0 Å². The minimum absolute atomic E-state index is 0.162. The van der Waals surface area contributed by atoms with E-state index in [1.807, 2.05) is 0 Å². The minimum atomic E-state index is -3.44. The largest absolute Gasteiger partial charge is 0.284 e. The van der Waals surface area contributed by atoms with Crippen molar-refractivity contribution >= 4 is 20.8 Å². The highest BCUT2D eigenvalue weighted by Gasteiger charge is 2.28. The molecule has 0 aromatic carbocycles. The first-order valence-corrected chi connectivity index (χ1v) is 7.37. The van der Waals surface area contributed by atoms with Crippen LogP contribution >= 0.6 is 0 Å². The lowest BCUT2D eigenvalue weighted by molar-refractivity contribution is 0.439. The summed E-state index contributed by atoms with van der Waals surface area (Å²) in [6.45, 7) is 0.639. The Morgan fingerprint density at radius 3 is 2.60 bits per heavy atom. The van der Waals surface area contributed by atoms with E-state index in [-0.39, 0.29) is 4.90 Å². The van der Waals surface area contributed by atoms with Gasteiger partial charge in [0, 0.05) is 41.6 Å². The molecule has 1 aliphatic rings. The lowest BCUT2D eigenvalue weighted by atomic mass is 10.6. The van der Waals surface area contributed by atoms with Crippen LogP contribution in [0.3, 0.4) is 0 Å². The minimum Gasteiger partial charge on any atom is -0.284 e. The average Bonchev–Trinajstić information content (AvgIpc) is 2.71. The van der Waals surface area contributed by atoms with Crippen molar-refractivity contribution in [2.75, 3.05) is 24.6 Å². The number of aromatic nitrogens is 2. The molecule has 6 nitrogen and oxygen atoms in total. The van der Waals surface area contributed by atoms with Crippen molar-refractivity contribution in [1.29, 1.82) is 0 Å². The molecule has 0 spiro atoms. The first kappa shape index (κ1) is 10.8. The molecule has 1 N–H and O–H groups in total. The average molecular weight is 249 g/mol. The molecule has 1 fully saturated rings. The number of nitrogens with zero attached hydrogens (tertiary/aromatic N) is 2. The summed E-state index contributed by atoms with van der Waals surface area (Å²) in [6, 6.07) is 0. The zero-order valence-electron chi connectivity index (χ0n) is 7.92. The SMILES string of the molecule is O=S1CCN(S(=O)(=O)c2cn[nH]c2)CC1. The van der Waals surface area contributed by atoms with Gasteiger partial charge in [-0.15, -0.1) is 0 Å². The Morgan fingerprint density at radius 2 is 2.07 bits per heavy atom. The molecule has 8 heteroatoms. The molecule has 0 amide bonds. The summed E-state index contributed by atoms with van der Waals surface area (Å²) >= 11 is 0. The molecule has 0 atom stereocenters. The van der Waals surface area contributed by atoms with Crippen molar-refractivity contribution < 1.29 is 12.6 Å². The number of aromatic amines is 1. The van der Waals surface area contributed by atoms with Gasteiger partial charge >= 0.3 is 0 Å². The second-order valence-corrected chi connectivity index (χ2v) is 6.82. The molecular weight excluding hydrogens is 238 g/mol. The topological polar surface area (TPSA) is 83.1 Å². The zero-order valence-corrected chi connectivity index (χ0v) is 9.55. The molecule has 84 valence electrons. The summed E-state index contributed by atoms with van der Waals surface area (Å²) in [5.41, 5.74) is 0. The van der Waals surface area contributed by atoms with Gasteiger partial charge in [0.25, 0.3) is 0 Å². The quantitative estimate of drug-likeness (QED) is 0.741. The molecule has 0 saturated carbocycles. The van der Waals surface area contributed by atoms with Crippen LogP contribution in [-0.4, -0.2) is 51.7 Å². The van der Waals surface area contributed by atoms with E-state index in [9.17, 15) is 12.6 Å². The summed E-state index contributed by atoms with van der Waals surface area (Å²) in [5.74, 6) is 0.828. The lowest BCUT2D eigenvalue weighted by Crippen LogP contribution is -2.41. The molecule has 1 saturated heterocycles. The van der Waals surface area contributed by atoms with E-state index in [1.165, 1.54) is 16.7 Å². The number of hydrogen-bond donors (Lipinski definition) is 1. The summed E-state index contributed by atoms with van der Waals surface area (Å²) in [7, 11) is -4.31. The molecule has 0 radical (unpaired) electrons. The van der Waals surface area contributed by atoms with Crippen molar-refractivity contribution in [2.45, 2.75) is 4.90 Å². The molecule has 0 aliphatic carbocycles. The van der Waals surface area contributed by atoms with Gasteiger partial charge in [-0.05, 0) is 0 Å². The van der Waals surface area contributed by atoms with Gasteiger partial charge in [-0.3, -0.25) is 9.31 Å². The Bertz CT molecular complexity index is 444. The molecule has 0 unspecified atom stereocenters. The van der Waals surface area contributed by atoms with Crippen molar-refractivity contribution in [3.05, 3.63) is 12.4 Å². The fraction of sp³-hybridized carbons (Fsp3) is 0.571. The van der Waals surface area contributed by atoms with Gasteiger partial charge in [-0.1, -0.05) is 0 Å². The van der Waals surface area contributed by atoms with Crippen LogP contribution in [-0.2, 0) is 20.8 Å². The third-order valence-corrected chi connectivity index (χ3v) is 5.39. The maximum atomic E-state index is 11.9. The standard InChI is InChI=1S/C7H11N3O3S2/c11-14-3-1-10(2-4-14)15(12,13)7-5-8-9-6-7/h5-6H,1-4H2,(H,8,9). The van der Waals surface area contributed by atoms with Crippen LogP contribution in [0.25, 0.3) is 0 Å². The molecular formula is C7H11N3O3S2. The Balaban J connectivity index is 2.20. The molecule has 2 rings (SSSR count). The smallest absolute Gasteiger partial charge is 0.246 e. The highest BCUT2D eigenvalue weighted by Crippen LogP contribution is 2.15. The van der Waals surface area contributed by atoms with Crippen LogP contribution in [0.15, 0.2) is 17.3 Å². The Kier molecular flexibility index (Phi) is 2.89. The summed E-state index contributed by atoms with van der Waals surface area (Å²) in [5, 5.41) is 6.08. The van der Waals surface area contributed by atoms with E-state index >= 15 is 0 Å². The van der Waals surface area contributed by atoms with Gasteiger partial charge < -0.3 is 0 Å². The van der Waals surface area contributed by atoms with Crippen LogP contribution in [0, 0.1) is 0 Å². The van der Waals surface area contributed by atoms with Crippen LogP contribution in [0.5, 0.6) is 0 Å². The third kappa shape index (κ3) is 2.11. The fourth-order valence-corrected chi connectivity index (χ4v) is 4.02. The van der Waals surface area contributed by atoms with Gasteiger partial charge in [0.2, 0.25) is 10.0 Å². The van der Waals surface area contributed by atoms with Crippen LogP contribution in [0.2, 0.25) is 0 Å². The predicted molar refractivity (Wildman–Crippen MR) is 55.2 cm³/mol. The second kappa shape index (κ2) is 4.03. The maximum absolute atomic E-state index is 11.9. The number of sulfonamides is 1. The molecule has 0 bridgehead atoms. The van der Waals surface area contributed by atoms with E-state index in [4.69, 9.17) is 0 Å². The van der Waals surface area contributed by atoms with Gasteiger partial charge in [0.15, 0.2) is 0 Å². The van der Waals surface area contributed by atoms with Crippen molar-refractivity contribution in [1.82, 2.24) is 14.5 Å². The van der Waals surface area contributed by atoms with Gasteiger partial charge in [-0.25, -0.2) is 8.42 Å². The maximum Gasteiger partial charge on any atom is 0.246 e. The predicted octanol–water partition coefficient (Wildman–Crippen LogP) is -0.837. The zero-order chi connectivity index (χ0) is 10.9. The monoisotopic (exact) mass is 249 g/mol. The van der Waals surface area contributed by atoms with Crippen molar-refractivity contribution in [3.63, 3.8) is 0 Å². The van der Waals surface area contributed by atoms with Gasteiger partial charge in [0.1, 0.15) is 4.90 Å². The van der Waals surface area contributed by atoms with E-state index < -0.39 is 20.8 Å². The first-order valence-electron chi connectivity index (χ1n) is 4.44. The number of H-pyrrole nitrogens is 1. The van der Waals surface area contributed by atoms with Crippen molar-refractivity contribution in [3.8, 4) is 0 Å². The lowest BCUT2D eigenvalue weighted by Gasteiger charge is -2.24. The Labute approximate surface area is 90.2 Å². The molecule has 15 heavy (non-hydrogen) atoms. The molecule has 1 aliphatic heterocycles. The van der Waals surface area contributed by atoms with Crippen LogP contribution < -0.4 is 0 Å². The summed E-state index contributed by atoms with van der Waals surface area (Å²) in [6.07, 6.45) is 2.63. The van der Waals surface area contributed by atoms with E-state index in [2.05, 4.69) is 10.2 Å². The number of hydrogen-bond acceptors (Lipinski definition) is 4. The number of rotatable bonds is 2. The Hall–Kier alpha value is -0.730. The summed E-state index contributed by atoms with van der Waals surface area (Å²) in [4.78, 5) is 0.162. The number of nitrogens with one attached hydrogen (secondary N) is 1. The van der Waals surface area contributed by atoms with E-state index in [0.717, 1.165) is 0 Å². The van der Waals surface area contributed by atoms with E-state index in [1.54, 1.807) is 0 Å². The fourth-order valence-electron chi connectivity index (χ4n) is 1.39. The van der Waals surface area contributed by atoms with E-state index in [0.29, 0.717) is 24.6 Å². The highest BCUT2D eigenvalue weighted by molar-refractivity contribution is 7.89. The normalized spacial score (nSPS) is 20.5. The highest BCUT2D eigenvalue weighted by atomic mass is 32.2. The molecule has 2 heterocycles. The molecule has 1 aromatic heterocycles. The van der Waals surface area contributed by atoms with Crippen LogP contribution in [0.1, 0.15) is 0 Å². The van der Waals surface area contributed by atoms with Gasteiger partial charge in [-0.2, -0.15) is 9.40 Å². The summed E-state index contributed by atoms with van der Waals surface area (Å²) < 4.78 is 36.3. The first-order chi connectivity index (χ1) is 7.10. The van der Waals surface area contributed by atoms with Crippen molar-refractivity contribution in [2.24, 2.45) is 0 Å². The molecule has 1 aromatic rings. The van der Waals surface area contributed by atoms with Gasteiger partial charge in [0.05, 0.1) is 6.20 Å². The third-order valence-electron chi connectivity index (χ3n) is 2.25.